The molecule has 5 atom stereocenters. The van der Waals surface area contributed by atoms with Crippen LogP contribution in [-0.2, 0) is 26.3 Å². The highest BCUT2D eigenvalue weighted by atomic mass is 16.3. The first-order valence-corrected chi connectivity index (χ1v) is 11.0. The molecular weight excluding hydrogens is 406 g/mol. The van der Waals surface area contributed by atoms with Gasteiger partial charge in [-0.1, -0.05) is 48.0 Å². The van der Waals surface area contributed by atoms with E-state index in [0.29, 0.717) is 17.7 Å². The number of carbonyl (C=O) groups excluding carboxylic acids is 3. The molecule has 2 fully saturated rings. The van der Waals surface area contributed by atoms with Crippen molar-refractivity contribution in [3.05, 3.63) is 64.7 Å². The van der Waals surface area contributed by atoms with Gasteiger partial charge in [-0.2, -0.15) is 0 Å². The minimum absolute atomic E-state index is 0.249. The number of hydrogen-bond donors (Lipinski definition) is 3. The molecule has 1 spiro atoms. The van der Waals surface area contributed by atoms with Crippen molar-refractivity contribution in [3.8, 4) is 0 Å². The number of aryl methyl sites for hydroxylation is 2. The third-order valence-corrected chi connectivity index (χ3v) is 7.18. The van der Waals surface area contributed by atoms with Gasteiger partial charge in [-0.15, -0.1) is 0 Å². The Morgan fingerprint density at radius 2 is 1.81 bits per heavy atom. The summed E-state index contributed by atoms with van der Waals surface area (Å²) < 4.78 is 0. The van der Waals surface area contributed by atoms with Gasteiger partial charge in [-0.25, -0.2) is 0 Å². The molecule has 3 heterocycles. The van der Waals surface area contributed by atoms with E-state index in [1.807, 2.05) is 56.3 Å². The SMILES string of the molecule is Cc1cc(C)c2c(c1)[C@@]1(N[C@H]([C@@H](C)O)[C@H]3C(=O)N(CCc4ccccc4)C(=O)[C@H]31)C(=O)N2. The van der Waals surface area contributed by atoms with Gasteiger partial charge in [0.15, 0.2) is 0 Å². The summed E-state index contributed by atoms with van der Waals surface area (Å²) in [5.41, 5.74) is 2.90. The number of fused-ring (bicyclic) bond motifs is 4. The van der Waals surface area contributed by atoms with Crippen LogP contribution in [0.25, 0.3) is 0 Å². The lowest BCUT2D eigenvalue weighted by Crippen LogP contribution is -2.55. The number of likely N-dealkylation sites (tertiary alicyclic amines) is 1. The molecule has 0 saturated carbocycles. The van der Waals surface area contributed by atoms with Crippen molar-refractivity contribution in [2.45, 2.75) is 44.9 Å². The lowest BCUT2D eigenvalue weighted by molar-refractivity contribution is -0.143. The van der Waals surface area contributed by atoms with E-state index < -0.39 is 29.5 Å². The lowest BCUT2D eigenvalue weighted by atomic mass is 9.75. The molecule has 2 aromatic rings. The minimum atomic E-state index is -1.37. The Morgan fingerprint density at radius 3 is 2.50 bits per heavy atom. The van der Waals surface area contributed by atoms with E-state index in [1.54, 1.807) is 6.92 Å². The third-order valence-electron chi connectivity index (χ3n) is 7.18. The smallest absolute Gasteiger partial charge is 0.250 e. The molecule has 166 valence electrons. The summed E-state index contributed by atoms with van der Waals surface area (Å²) in [5.74, 6) is -2.71. The monoisotopic (exact) mass is 433 g/mol. The Hall–Kier alpha value is -3.03. The van der Waals surface area contributed by atoms with Crippen LogP contribution in [0.15, 0.2) is 42.5 Å². The summed E-state index contributed by atoms with van der Waals surface area (Å²) in [5, 5.41) is 16.7. The predicted molar refractivity (Wildman–Crippen MR) is 119 cm³/mol. The maximum Gasteiger partial charge on any atom is 0.250 e. The lowest BCUT2D eigenvalue weighted by Gasteiger charge is -2.30. The molecule has 7 nitrogen and oxygen atoms in total. The van der Waals surface area contributed by atoms with Gasteiger partial charge in [-0.05, 0) is 38.3 Å². The Balaban J connectivity index is 1.58. The topological polar surface area (TPSA) is 98.7 Å². The Kier molecular flexibility index (Phi) is 4.72. The molecule has 0 aromatic heterocycles. The Labute approximate surface area is 186 Å². The van der Waals surface area contributed by atoms with Crippen LogP contribution in [0.3, 0.4) is 0 Å². The first-order valence-electron chi connectivity index (χ1n) is 11.0. The van der Waals surface area contributed by atoms with Gasteiger partial charge < -0.3 is 10.4 Å². The molecule has 5 rings (SSSR count). The van der Waals surface area contributed by atoms with Crippen LogP contribution < -0.4 is 10.6 Å². The molecule has 0 radical (unpaired) electrons. The largest absolute Gasteiger partial charge is 0.392 e. The van der Waals surface area contributed by atoms with Gasteiger partial charge in [0.1, 0.15) is 5.54 Å². The van der Waals surface area contributed by atoms with E-state index in [2.05, 4.69) is 10.6 Å². The molecule has 32 heavy (non-hydrogen) atoms. The number of imide groups is 1. The molecule has 7 heteroatoms. The van der Waals surface area contributed by atoms with Crippen LogP contribution in [0.4, 0.5) is 5.69 Å². The van der Waals surface area contributed by atoms with E-state index in [0.717, 1.165) is 16.7 Å². The van der Waals surface area contributed by atoms with Crippen LogP contribution in [0, 0.1) is 25.7 Å². The number of aliphatic hydroxyl groups is 1. The number of nitrogens with zero attached hydrogens (tertiary/aromatic N) is 1. The van der Waals surface area contributed by atoms with E-state index >= 15 is 0 Å². The van der Waals surface area contributed by atoms with Crippen LogP contribution >= 0.6 is 0 Å². The van der Waals surface area contributed by atoms with Gasteiger partial charge in [0, 0.05) is 23.8 Å². The molecule has 3 aliphatic rings. The highest BCUT2D eigenvalue weighted by Gasteiger charge is 2.71. The van der Waals surface area contributed by atoms with Gasteiger partial charge in [0.25, 0.3) is 0 Å². The van der Waals surface area contributed by atoms with Crippen molar-refractivity contribution < 1.29 is 19.5 Å². The molecular formula is C25H27N3O4. The average Bonchev–Trinajstić information content (AvgIpc) is 3.34. The van der Waals surface area contributed by atoms with Gasteiger partial charge >= 0.3 is 0 Å². The minimum Gasteiger partial charge on any atom is -0.392 e. The van der Waals surface area contributed by atoms with Crippen LogP contribution in [0.2, 0.25) is 0 Å². The predicted octanol–water partition coefficient (Wildman–Crippen LogP) is 1.65. The number of anilines is 1. The summed E-state index contributed by atoms with van der Waals surface area (Å²) in [6.07, 6.45) is -0.367. The molecule has 2 saturated heterocycles. The summed E-state index contributed by atoms with van der Waals surface area (Å²) >= 11 is 0. The second-order valence-electron chi connectivity index (χ2n) is 9.24. The number of hydrogen-bond acceptors (Lipinski definition) is 5. The van der Waals surface area contributed by atoms with Crippen molar-refractivity contribution in [2.24, 2.45) is 11.8 Å². The number of carbonyl (C=O) groups is 3. The number of benzene rings is 2. The van der Waals surface area contributed by atoms with Crippen molar-refractivity contribution in [1.29, 1.82) is 0 Å². The zero-order chi connectivity index (χ0) is 22.8. The molecule has 0 aliphatic carbocycles. The first-order chi connectivity index (χ1) is 15.3. The van der Waals surface area contributed by atoms with Crippen LogP contribution in [-0.4, -0.2) is 46.4 Å². The van der Waals surface area contributed by atoms with Crippen LogP contribution in [0.5, 0.6) is 0 Å². The normalized spacial score (nSPS) is 29.4. The quantitative estimate of drug-likeness (QED) is 0.637. The van der Waals surface area contributed by atoms with Gasteiger partial charge in [-0.3, -0.25) is 24.6 Å². The van der Waals surface area contributed by atoms with E-state index in [1.165, 1.54) is 4.90 Å². The summed E-state index contributed by atoms with van der Waals surface area (Å²) in [7, 11) is 0. The zero-order valence-corrected chi connectivity index (χ0v) is 18.4. The average molecular weight is 434 g/mol. The first kappa shape index (κ1) is 20.8. The second kappa shape index (κ2) is 7.25. The summed E-state index contributed by atoms with van der Waals surface area (Å²) in [4.78, 5) is 41.8. The fourth-order valence-corrected chi connectivity index (χ4v) is 5.77. The van der Waals surface area contributed by atoms with Crippen molar-refractivity contribution in [2.75, 3.05) is 11.9 Å². The molecule has 3 aliphatic heterocycles. The van der Waals surface area contributed by atoms with Crippen LogP contribution in [0.1, 0.15) is 29.2 Å². The molecule has 3 N–H and O–H groups in total. The number of rotatable bonds is 4. The highest BCUT2D eigenvalue weighted by molar-refractivity contribution is 6.15. The number of aliphatic hydroxyl groups excluding tert-OH is 1. The molecule has 2 aromatic carbocycles. The standard InChI is InChI=1S/C25H27N3O4/c1-13-11-14(2)20-17(12-13)25(24(32)26-20)19-18(21(27-25)15(3)29)22(30)28(23(19)31)10-9-16-7-5-4-6-8-16/h4-8,11-12,15,18-19,21,27,29H,9-10H2,1-3H3,(H,26,32)/t15-,18+,19+,21-,25+/m1/s1. The summed E-state index contributed by atoms with van der Waals surface area (Å²) in [6, 6.07) is 12.9. The second-order valence-corrected chi connectivity index (χ2v) is 9.24. The molecule has 0 unspecified atom stereocenters. The fraction of sp³-hybridized carbons (Fsp3) is 0.400. The highest BCUT2D eigenvalue weighted by Crippen LogP contribution is 2.54. The Morgan fingerprint density at radius 1 is 1.09 bits per heavy atom. The number of amides is 3. The fourth-order valence-electron chi connectivity index (χ4n) is 5.77. The number of nitrogens with one attached hydrogen (secondary N) is 2. The van der Waals surface area contributed by atoms with E-state index in [-0.39, 0.29) is 24.3 Å². The van der Waals surface area contributed by atoms with Crippen molar-refractivity contribution >= 4 is 23.4 Å². The molecule has 3 amide bonds. The Bertz CT molecular complexity index is 1130. The molecule has 0 bridgehead atoms. The maximum absolute atomic E-state index is 13.7. The van der Waals surface area contributed by atoms with E-state index in [9.17, 15) is 19.5 Å². The summed E-state index contributed by atoms with van der Waals surface area (Å²) in [6.45, 7) is 5.69. The van der Waals surface area contributed by atoms with Crippen molar-refractivity contribution in [1.82, 2.24) is 10.2 Å². The van der Waals surface area contributed by atoms with Gasteiger partial charge in [0.2, 0.25) is 17.7 Å². The van der Waals surface area contributed by atoms with Gasteiger partial charge in [0.05, 0.1) is 17.9 Å². The van der Waals surface area contributed by atoms with Crippen molar-refractivity contribution in [3.63, 3.8) is 0 Å². The maximum atomic E-state index is 13.7. The third kappa shape index (κ3) is 2.77. The van der Waals surface area contributed by atoms with E-state index in [4.69, 9.17) is 0 Å². The zero-order valence-electron chi connectivity index (χ0n) is 18.4.